The van der Waals surface area contributed by atoms with E-state index in [-0.39, 0.29) is 18.3 Å². The summed E-state index contributed by atoms with van der Waals surface area (Å²) >= 11 is 0. The van der Waals surface area contributed by atoms with Gasteiger partial charge in [0.2, 0.25) is 0 Å². The van der Waals surface area contributed by atoms with Crippen LogP contribution in [0.4, 0.5) is 0 Å². The van der Waals surface area contributed by atoms with Crippen LogP contribution in [0.2, 0.25) is 0 Å². The summed E-state index contributed by atoms with van der Waals surface area (Å²) in [5.41, 5.74) is 0.403. The largest absolute Gasteiger partial charge is 0.481 e. The number of hydrogen-bond donors (Lipinski definition) is 3. The molecule has 3 fully saturated rings. The first-order valence-electron chi connectivity index (χ1n) is 9.22. The minimum Gasteiger partial charge on any atom is -0.481 e. The maximum Gasteiger partial charge on any atom is 0.303 e. The molecule has 0 aliphatic heterocycles. The quantitative estimate of drug-likeness (QED) is 0.546. The molecule has 0 aromatic heterocycles. The van der Waals surface area contributed by atoms with E-state index in [0.29, 0.717) is 18.3 Å². The number of aliphatic carboxylic acids is 1. The van der Waals surface area contributed by atoms with E-state index < -0.39 is 17.7 Å². The maximum absolute atomic E-state index is 10.6. The predicted molar refractivity (Wildman–Crippen MR) is 91.0 cm³/mol. The fourth-order valence-electron chi connectivity index (χ4n) is 4.39. The molecule has 0 bridgehead atoms. The smallest absolute Gasteiger partial charge is 0.303 e. The molecule has 5 atom stereocenters. The topological polar surface area (TPSA) is 77.8 Å². The average molecular weight is 332 g/mol. The highest BCUT2D eigenvalue weighted by Crippen LogP contribution is 2.51. The van der Waals surface area contributed by atoms with Crippen molar-refractivity contribution in [2.24, 2.45) is 23.7 Å². The lowest BCUT2D eigenvalue weighted by atomic mass is 9.57. The Morgan fingerprint density at radius 3 is 2.71 bits per heavy atom. The van der Waals surface area contributed by atoms with Gasteiger partial charge in [0.15, 0.2) is 0 Å². The van der Waals surface area contributed by atoms with Crippen molar-refractivity contribution >= 4 is 5.97 Å². The lowest BCUT2D eigenvalue weighted by molar-refractivity contribution is -0.136. The van der Waals surface area contributed by atoms with Gasteiger partial charge in [0.05, 0.1) is 12.0 Å². The van der Waals surface area contributed by atoms with Gasteiger partial charge in [0, 0.05) is 6.42 Å². The van der Waals surface area contributed by atoms with Crippen LogP contribution in [-0.4, -0.2) is 33.0 Å². The third kappa shape index (κ3) is 3.53. The molecule has 3 N–H and O–H groups in total. The molecule has 3 aliphatic carbocycles. The third-order valence-corrected chi connectivity index (χ3v) is 6.27. The fraction of sp³-hybridized carbons (Fsp3) is 0.750. The number of aliphatic hydroxyl groups excluding tert-OH is 1. The lowest BCUT2D eigenvalue weighted by Crippen LogP contribution is -2.45. The summed E-state index contributed by atoms with van der Waals surface area (Å²) in [5.74, 6) is 6.53. The Bertz CT molecular complexity index is 576. The lowest BCUT2D eigenvalue weighted by Gasteiger charge is -2.48. The molecule has 4 heteroatoms. The monoisotopic (exact) mass is 332 g/mol. The summed E-state index contributed by atoms with van der Waals surface area (Å²) in [6.45, 7) is 1.80. The molecule has 3 rings (SSSR count). The molecule has 0 aromatic rings. The van der Waals surface area contributed by atoms with Crippen molar-refractivity contribution in [1.82, 2.24) is 0 Å². The highest BCUT2D eigenvalue weighted by Gasteiger charge is 2.46. The number of carbonyl (C=O) groups is 1. The fourth-order valence-corrected chi connectivity index (χ4v) is 4.39. The summed E-state index contributed by atoms with van der Waals surface area (Å²) in [5, 5.41) is 29.6. The van der Waals surface area contributed by atoms with E-state index in [1.807, 2.05) is 0 Å². The van der Waals surface area contributed by atoms with Crippen molar-refractivity contribution < 1.29 is 20.1 Å². The second kappa shape index (κ2) is 6.90. The van der Waals surface area contributed by atoms with Crippen molar-refractivity contribution in [2.75, 3.05) is 0 Å². The Morgan fingerprint density at radius 1 is 1.33 bits per heavy atom. The Balaban J connectivity index is 1.63. The second-order valence-corrected chi connectivity index (χ2v) is 7.90. The van der Waals surface area contributed by atoms with Crippen LogP contribution in [0.5, 0.6) is 0 Å². The molecule has 24 heavy (non-hydrogen) atoms. The van der Waals surface area contributed by atoms with Crippen molar-refractivity contribution in [3.05, 3.63) is 11.6 Å². The zero-order valence-electron chi connectivity index (χ0n) is 14.4. The van der Waals surface area contributed by atoms with Gasteiger partial charge in [-0.3, -0.25) is 4.79 Å². The first kappa shape index (κ1) is 17.5. The number of aliphatic hydroxyl groups is 2. The Labute approximate surface area is 144 Å². The number of carboxylic acid groups (broad SMARTS) is 1. The second-order valence-electron chi connectivity index (χ2n) is 7.90. The van der Waals surface area contributed by atoms with Gasteiger partial charge in [0.1, 0.15) is 5.60 Å². The average Bonchev–Trinajstić information content (AvgIpc) is 2.40. The molecule has 3 aliphatic rings. The number of rotatable bonds is 4. The molecule has 0 spiro atoms. The molecule has 0 aromatic carbocycles. The third-order valence-electron chi connectivity index (χ3n) is 6.27. The minimum absolute atomic E-state index is 0.0630. The molecule has 0 heterocycles. The number of carboxylic acids is 1. The zero-order chi connectivity index (χ0) is 17.3. The molecule has 0 saturated heterocycles. The van der Waals surface area contributed by atoms with Crippen LogP contribution >= 0.6 is 0 Å². The summed E-state index contributed by atoms with van der Waals surface area (Å²) in [4.78, 5) is 10.6. The summed E-state index contributed by atoms with van der Waals surface area (Å²) in [6, 6.07) is 0. The normalized spacial score (nSPS) is 36.5. The van der Waals surface area contributed by atoms with E-state index in [4.69, 9.17) is 5.11 Å². The van der Waals surface area contributed by atoms with Gasteiger partial charge < -0.3 is 15.3 Å². The standard InChI is InChI=1S/C20H28O4/c1-20(24,14-5-3-6-14)11-10-16-17-12-13(4-2-7-19(22)23)15(17)8-9-18(16)21/h4,14-18,21,24H,2-3,5-9,12H2,1H3,(H,22,23)/b13-4+/t15-,16-,17+,18-,20?/m1/s1. The van der Waals surface area contributed by atoms with E-state index in [0.717, 1.165) is 32.1 Å². The van der Waals surface area contributed by atoms with E-state index in [1.54, 1.807) is 6.92 Å². The van der Waals surface area contributed by atoms with Crippen molar-refractivity contribution in [2.45, 2.75) is 70.0 Å². The van der Waals surface area contributed by atoms with Crippen LogP contribution in [0.1, 0.15) is 58.3 Å². The van der Waals surface area contributed by atoms with Gasteiger partial charge in [0.25, 0.3) is 0 Å². The summed E-state index contributed by atoms with van der Waals surface area (Å²) in [7, 11) is 0. The Hall–Kier alpha value is -1.31. The van der Waals surface area contributed by atoms with Crippen molar-refractivity contribution in [1.29, 1.82) is 0 Å². The van der Waals surface area contributed by atoms with Gasteiger partial charge in [-0.25, -0.2) is 0 Å². The van der Waals surface area contributed by atoms with Gasteiger partial charge in [-0.1, -0.05) is 29.9 Å². The van der Waals surface area contributed by atoms with Crippen LogP contribution in [0.15, 0.2) is 11.6 Å². The SMILES string of the molecule is CC(O)(C#C[C@@H]1[C@H]2C/C(=C\CCC(=O)O)[C@H]2CC[C@H]1O)C1CCC1. The zero-order valence-corrected chi connectivity index (χ0v) is 14.4. The van der Waals surface area contributed by atoms with Gasteiger partial charge >= 0.3 is 5.97 Å². The van der Waals surface area contributed by atoms with Gasteiger partial charge in [-0.15, -0.1) is 0 Å². The van der Waals surface area contributed by atoms with Crippen LogP contribution in [0.25, 0.3) is 0 Å². The summed E-state index contributed by atoms with van der Waals surface area (Å²) in [6.07, 6.45) is 8.29. The van der Waals surface area contributed by atoms with Crippen LogP contribution in [0, 0.1) is 35.5 Å². The molecule has 3 saturated carbocycles. The summed E-state index contributed by atoms with van der Waals surface area (Å²) < 4.78 is 0. The highest BCUT2D eigenvalue weighted by molar-refractivity contribution is 5.66. The minimum atomic E-state index is -0.936. The molecule has 0 radical (unpaired) electrons. The van der Waals surface area contributed by atoms with E-state index in [1.165, 1.54) is 12.0 Å². The van der Waals surface area contributed by atoms with Crippen molar-refractivity contribution in [3.8, 4) is 11.8 Å². The van der Waals surface area contributed by atoms with Crippen molar-refractivity contribution in [3.63, 3.8) is 0 Å². The maximum atomic E-state index is 10.6. The number of allylic oxidation sites excluding steroid dienone is 2. The molecular formula is C20H28O4. The molecule has 0 amide bonds. The van der Waals surface area contributed by atoms with Crippen LogP contribution in [0.3, 0.4) is 0 Å². The van der Waals surface area contributed by atoms with E-state index in [9.17, 15) is 15.0 Å². The van der Waals surface area contributed by atoms with Gasteiger partial charge in [-0.05, 0) is 63.2 Å². The van der Waals surface area contributed by atoms with Crippen LogP contribution < -0.4 is 0 Å². The number of fused-ring (bicyclic) bond motifs is 1. The van der Waals surface area contributed by atoms with E-state index in [2.05, 4.69) is 17.9 Å². The van der Waals surface area contributed by atoms with Crippen LogP contribution in [-0.2, 0) is 4.79 Å². The molecule has 4 nitrogen and oxygen atoms in total. The Kier molecular flexibility index (Phi) is 5.03. The molecular weight excluding hydrogens is 304 g/mol. The highest BCUT2D eigenvalue weighted by atomic mass is 16.4. The van der Waals surface area contributed by atoms with Gasteiger partial charge in [-0.2, -0.15) is 0 Å². The first-order valence-corrected chi connectivity index (χ1v) is 9.22. The van der Waals surface area contributed by atoms with E-state index >= 15 is 0 Å². The predicted octanol–water partition coefficient (Wildman–Crippen LogP) is 2.74. The Morgan fingerprint density at radius 2 is 2.08 bits per heavy atom. The molecule has 1 unspecified atom stereocenters. The number of hydrogen-bond acceptors (Lipinski definition) is 3. The first-order chi connectivity index (χ1) is 11.4. The molecule has 132 valence electrons.